The average Bonchev–Trinajstić information content (AvgIpc) is 2.15. The molecule has 0 aromatic heterocycles. The molecule has 0 aliphatic heterocycles. The van der Waals surface area contributed by atoms with Crippen LogP contribution in [0.4, 0.5) is 0 Å². The van der Waals surface area contributed by atoms with Crippen molar-refractivity contribution in [3.05, 3.63) is 28.2 Å². The Morgan fingerprint density at radius 2 is 2.14 bits per heavy atom. The summed E-state index contributed by atoms with van der Waals surface area (Å²) in [6, 6.07) is 6.09. The summed E-state index contributed by atoms with van der Waals surface area (Å²) in [5.41, 5.74) is 6.62. The highest BCUT2D eigenvalue weighted by molar-refractivity contribution is 9.10. The lowest BCUT2D eigenvalue weighted by Crippen LogP contribution is -2.03. The molecule has 0 amide bonds. The Morgan fingerprint density at radius 3 is 2.79 bits per heavy atom. The van der Waals surface area contributed by atoms with Gasteiger partial charge >= 0.3 is 0 Å². The van der Waals surface area contributed by atoms with Crippen molar-refractivity contribution >= 4 is 15.9 Å². The van der Waals surface area contributed by atoms with Crippen molar-refractivity contribution in [2.45, 2.75) is 19.8 Å². The third-order valence-corrected chi connectivity index (χ3v) is 2.56. The van der Waals surface area contributed by atoms with Gasteiger partial charge in [-0.2, -0.15) is 0 Å². The van der Waals surface area contributed by atoms with Crippen LogP contribution in [0.3, 0.4) is 0 Å². The predicted octanol–water partition coefficient (Wildman–Crippen LogP) is 2.88. The molecule has 2 N–H and O–H groups in total. The first-order valence-electron chi connectivity index (χ1n) is 4.83. The Morgan fingerprint density at radius 1 is 1.36 bits per heavy atom. The second-order valence-corrected chi connectivity index (χ2v) is 4.13. The van der Waals surface area contributed by atoms with Gasteiger partial charge in [0.05, 0.1) is 11.1 Å². The van der Waals surface area contributed by atoms with Crippen LogP contribution in [0.5, 0.6) is 5.75 Å². The van der Waals surface area contributed by atoms with Crippen LogP contribution in [0.1, 0.15) is 18.4 Å². The molecule has 0 aliphatic rings. The second kappa shape index (κ2) is 6.04. The number of unbranched alkanes of at least 4 members (excludes halogenated alkanes) is 1. The predicted molar refractivity (Wildman–Crippen MR) is 62.7 cm³/mol. The number of rotatable bonds is 5. The molecular formula is C11H16BrNO. The van der Waals surface area contributed by atoms with E-state index < -0.39 is 0 Å². The minimum Gasteiger partial charge on any atom is -0.492 e. The Kier molecular flexibility index (Phi) is 4.98. The highest BCUT2D eigenvalue weighted by atomic mass is 79.9. The van der Waals surface area contributed by atoms with E-state index in [0.29, 0.717) is 0 Å². The van der Waals surface area contributed by atoms with Crippen molar-refractivity contribution in [2.24, 2.45) is 5.73 Å². The molecule has 1 rings (SSSR count). The van der Waals surface area contributed by atoms with Gasteiger partial charge in [-0.3, -0.25) is 0 Å². The zero-order valence-corrected chi connectivity index (χ0v) is 10.0. The second-order valence-electron chi connectivity index (χ2n) is 3.28. The van der Waals surface area contributed by atoms with Crippen molar-refractivity contribution in [3.63, 3.8) is 0 Å². The van der Waals surface area contributed by atoms with E-state index in [9.17, 15) is 0 Å². The number of hydrogen-bond acceptors (Lipinski definition) is 2. The van der Waals surface area contributed by atoms with Crippen molar-refractivity contribution in [1.82, 2.24) is 0 Å². The van der Waals surface area contributed by atoms with Gasteiger partial charge in [0.2, 0.25) is 0 Å². The maximum Gasteiger partial charge on any atom is 0.133 e. The largest absolute Gasteiger partial charge is 0.492 e. The van der Waals surface area contributed by atoms with Crippen LogP contribution < -0.4 is 10.5 Å². The monoisotopic (exact) mass is 257 g/mol. The van der Waals surface area contributed by atoms with E-state index in [1.807, 2.05) is 12.1 Å². The molecule has 0 unspecified atom stereocenters. The number of ether oxygens (including phenoxy) is 1. The number of nitrogens with two attached hydrogens (primary N) is 1. The van der Waals surface area contributed by atoms with Gasteiger partial charge in [-0.1, -0.05) is 6.07 Å². The molecular weight excluding hydrogens is 242 g/mol. The Balaban J connectivity index is 2.42. The maximum atomic E-state index is 5.59. The number of halogens is 1. The topological polar surface area (TPSA) is 35.2 Å². The van der Waals surface area contributed by atoms with E-state index in [1.54, 1.807) is 0 Å². The van der Waals surface area contributed by atoms with Crippen LogP contribution in [0.15, 0.2) is 22.7 Å². The molecule has 0 saturated heterocycles. The first-order valence-corrected chi connectivity index (χ1v) is 5.62. The van der Waals surface area contributed by atoms with Gasteiger partial charge in [-0.25, -0.2) is 0 Å². The van der Waals surface area contributed by atoms with Crippen LogP contribution >= 0.6 is 15.9 Å². The van der Waals surface area contributed by atoms with E-state index in [1.165, 1.54) is 5.56 Å². The summed E-state index contributed by atoms with van der Waals surface area (Å²) in [7, 11) is 0. The Labute approximate surface area is 93.6 Å². The zero-order valence-electron chi connectivity index (χ0n) is 8.42. The third kappa shape index (κ3) is 3.68. The van der Waals surface area contributed by atoms with Gasteiger partial charge < -0.3 is 10.5 Å². The summed E-state index contributed by atoms with van der Waals surface area (Å²) in [5.74, 6) is 0.910. The standard InChI is InChI=1S/C11H16BrNO/c1-9-4-5-11(10(12)8-9)14-7-3-2-6-13/h4-5,8H,2-3,6-7,13H2,1H3. The Hall–Kier alpha value is -0.540. The molecule has 0 radical (unpaired) electrons. The minimum atomic E-state index is 0.735. The van der Waals surface area contributed by atoms with Crippen molar-refractivity contribution in [2.75, 3.05) is 13.2 Å². The lowest BCUT2D eigenvalue weighted by Gasteiger charge is -2.08. The normalized spacial score (nSPS) is 10.2. The van der Waals surface area contributed by atoms with E-state index in [2.05, 4.69) is 28.9 Å². The highest BCUT2D eigenvalue weighted by Crippen LogP contribution is 2.25. The van der Waals surface area contributed by atoms with Crippen molar-refractivity contribution in [1.29, 1.82) is 0 Å². The SMILES string of the molecule is Cc1ccc(OCCCCN)c(Br)c1. The zero-order chi connectivity index (χ0) is 10.4. The van der Waals surface area contributed by atoms with E-state index >= 15 is 0 Å². The van der Waals surface area contributed by atoms with Gasteiger partial charge in [-0.05, 0) is 59.9 Å². The van der Waals surface area contributed by atoms with Crippen LogP contribution in [-0.2, 0) is 0 Å². The molecule has 3 heteroatoms. The smallest absolute Gasteiger partial charge is 0.133 e. The van der Waals surface area contributed by atoms with Crippen LogP contribution in [0.2, 0.25) is 0 Å². The Bertz CT molecular complexity index is 289. The first kappa shape index (κ1) is 11.5. The lowest BCUT2D eigenvalue weighted by atomic mass is 10.2. The highest BCUT2D eigenvalue weighted by Gasteiger charge is 1.99. The molecule has 0 aliphatic carbocycles. The molecule has 1 aromatic carbocycles. The molecule has 1 aromatic rings. The summed E-state index contributed by atoms with van der Waals surface area (Å²) in [6.07, 6.45) is 2.03. The van der Waals surface area contributed by atoms with Crippen LogP contribution in [-0.4, -0.2) is 13.2 Å². The summed E-state index contributed by atoms with van der Waals surface area (Å²) in [6.45, 7) is 3.53. The fraction of sp³-hybridized carbons (Fsp3) is 0.455. The van der Waals surface area contributed by atoms with Gasteiger partial charge in [-0.15, -0.1) is 0 Å². The molecule has 0 atom stereocenters. The van der Waals surface area contributed by atoms with Gasteiger partial charge in [0.15, 0.2) is 0 Å². The fourth-order valence-corrected chi connectivity index (χ4v) is 1.76. The van der Waals surface area contributed by atoms with Gasteiger partial charge in [0, 0.05) is 0 Å². The lowest BCUT2D eigenvalue weighted by molar-refractivity contribution is 0.306. The summed E-state index contributed by atoms with van der Waals surface area (Å²) >= 11 is 3.47. The number of benzene rings is 1. The molecule has 0 saturated carbocycles. The molecule has 78 valence electrons. The molecule has 2 nitrogen and oxygen atoms in total. The van der Waals surface area contributed by atoms with Gasteiger partial charge in [0.25, 0.3) is 0 Å². The molecule has 0 bridgehead atoms. The van der Waals surface area contributed by atoms with Crippen molar-refractivity contribution in [3.8, 4) is 5.75 Å². The van der Waals surface area contributed by atoms with E-state index in [-0.39, 0.29) is 0 Å². The summed E-state index contributed by atoms with van der Waals surface area (Å²) < 4.78 is 6.61. The summed E-state index contributed by atoms with van der Waals surface area (Å²) in [4.78, 5) is 0. The molecule has 0 heterocycles. The quantitative estimate of drug-likeness (QED) is 0.824. The molecule has 0 fully saturated rings. The van der Waals surface area contributed by atoms with E-state index in [0.717, 1.165) is 36.2 Å². The van der Waals surface area contributed by atoms with Crippen LogP contribution in [0.25, 0.3) is 0 Å². The van der Waals surface area contributed by atoms with Crippen LogP contribution in [0, 0.1) is 6.92 Å². The van der Waals surface area contributed by atoms with Crippen molar-refractivity contribution < 1.29 is 4.74 Å². The van der Waals surface area contributed by atoms with Gasteiger partial charge in [0.1, 0.15) is 5.75 Å². The number of aryl methyl sites for hydroxylation is 1. The summed E-state index contributed by atoms with van der Waals surface area (Å²) in [5, 5.41) is 0. The van der Waals surface area contributed by atoms with E-state index in [4.69, 9.17) is 10.5 Å². The third-order valence-electron chi connectivity index (χ3n) is 1.94. The minimum absolute atomic E-state index is 0.735. The average molecular weight is 258 g/mol. The number of hydrogen-bond donors (Lipinski definition) is 1. The molecule has 14 heavy (non-hydrogen) atoms. The first-order chi connectivity index (χ1) is 6.74. The maximum absolute atomic E-state index is 5.59. The molecule has 0 spiro atoms. The fourth-order valence-electron chi connectivity index (χ4n) is 1.15.